The van der Waals surface area contributed by atoms with Crippen molar-refractivity contribution >= 4 is 27.8 Å². The van der Waals surface area contributed by atoms with Gasteiger partial charge in [0.1, 0.15) is 5.75 Å². The number of carbonyl (C=O) groups is 1. The van der Waals surface area contributed by atoms with Crippen LogP contribution in [0.15, 0.2) is 42.9 Å². The van der Waals surface area contributed by atoms with Gasteiger partial charge < -0.3 is 19.6 Å². The summed E-state index contributed by atoms with van der Waals surface area (Å²) in [6.07, 6.45) is 4.67. The van der Waals surface area contributed by atoms with Gasteiger partial charge in [0.2, 0.25) is 0 Å². The van der Waals surface area contributed by atoms with Crippen molar-refractivity contribution in [2.75, 3.05) is 7.11 Å². The molecule has 3 aromatic heterocycles. The Morgan fingerprint density at radius 2 is 1.92 bits per heavy atom. The molecule has 0 saturated heterocycles. The number of aromatic nitrogens is 4. The normalized spacial score (nSPS) is 11.1. The summed E-state index contributed by atoms with van der Waals surface area (Å²) in [5.41, 5.74) is 1.91. The number of benzene rings is 1. The first-order valence-corrected chi connectivity index (χ1v) is 7.78. The number of nitrogens with zero attached hydrogens (tertiary/aromatic N) is 3. The molecular weight excluding hydrogens is 336 g/mol. The molecule has 0 fully saturated rings. The summed E-state index contributed by atoms with van der Waals surface area (Å²) in [6, 6.07) is 7.39. The lowest BCUT2D eigenvalue weighted by atomic mass is 10.1. The largest absolute Gasteiger partial charge is 0.477 e. The van der Waals surface area contributed by atoms with Gasteiger partial charge in [-0.05, 0) is 18.2 Å². The molecule has 0 spiro atoms. The Balaban J connectivity index is 2.02. The lowest BCUT2D eigenvalue weighted by molar-refractivity contribution is 0.0685. The summed E-state index contributed by atoms with van der Waals surface area (Å²) in [5.74, 6) is -0.599. The maximum Gasteiger partial charge on any atom is 0.354 e. The molecule has 3 heterocycles. The summed E-state index contributed by atoms with van der Waals surface area (Å²) < 4.78 is 11.1. The van der Waals surface area contributed by atoms with Crippen LogP contribution in [0.2, 0.25) is 0 Å². The predicted octanol–water partition coefficient (Wildman–Crippen LogP) is 3.14. The number of pyridine rings is 1. The number of ether oxygens (including phenoxy) is 2. The van der Waals surface area contributed by atoms with Crippen LogP contribution in [0.25, 0.3) is 21.8 Å². The zero-order chi connectivity index (χ0) is 18.1. The molecular formula is C18H14N4O4. The standard InChI is InChI=1S/C18H14N4O4/c1-25-9-10-14-12(8-21-16(10)17(23)24)22-11-4-2-5-13(15(11)14)26-18-19-6-3-7-20-18/h2-8,22H,9H2,1H3,(H,23,24). The number of carboxylic acid groups (broad SMARTS) is 1. The number of rotatable bonds is 5. The molecule has 2 N–H and O–H groups in total. The first-order valence-electron chi connectivity index (χ1n) is 7.78. The third kappa shape index (κ3) is 2.62. The second kappa shape index (κ2) is 6.41. The number of fused-ring (bicyclic) bond motifs is 3. The Morgan fingerprint density at radius 1 is 1.12 bits per heavy atom. The molecule has 8 heteroatoms. The minimum absolute atomic E-state index is 0.0500. The second-order valence-corrected chi connectivity index (χ2v) is 5.55. The van der Waals surface area contributed by atoms with E-state index in [0.29, 0.717) is 22.2 Å². The Morgan fingerprint density at radius 3 is 2.65 bits per heavy atom. The van der Waals surface area contributed by atoms with E-state index in [4.69, 9.17) is 9.47 Å². The van der Waals surface area contributed by atoms with Crippen molar-refractivity contribution in [1.29, 1.82) is 0 Å². The highest BCUT2D eigenvalue weighted by molar-refractivity contribution is 6.13. The fourth-order valence-electron chi connectivity index (χ4n) is 2.96. The van der Waals surface area contributed by atoms with Gasteiger partial charge in [0.15, 0.2) is 5.69 Å². The van der Waals surface area contributed by atoms with Crippen LogP contribution < -0.4 is 4.74 Å². The van der Waals surface area contributed by atoms with Crippen LogP contribution in [0.3, 0.4) is 0 Å². The highest BCUT2D eigenvalue weighted by atomic mass is 16.5. The number of aromatic amines is 1. The smallest absolute Gasteiger partial charge is 0.354 e. The molecule has 4 aromatic rings. The van der Waals surface area contributed by atoms with Gasteiger partial charge in [0.25, 0.3) is 0 Å². The molecule has 130 valence electrons. The second-order valence-electron chi connectivity index (χ2n) is 5.55. The summed E-state index contributed by atoms with van der Waals surface area (Å²) >= 11 is 0. The highest BCUT2D eigenvalue weighted by Gasteiger charge is 2.21. The quantitative estimate of drug-likeness (QED) is 0.569. The Hall–Kier alpha value is -3.52. The third-order valence-corrected chi connectivity index (χ3v) is 3.96. The van der Waals surface area contributed by atoms with Gasteiger partial charge in [-0.25, -0.2) is 19.7 Å². The topological polar surface area (TPSA) is 110 Å². The minimum atomic E-state index is -1.11. The van der Waals surface area contributed by atoms with Crippen molar-refractivity contribution < 1.29 is 19.4 Å². The Labute approximate surface area is 147 Å². The van der Waals surface area contributed by atoms with Crippen molar-refractivity contribution in [3.8, 4) is 11.8 Å². The number of hydrogen-bond donors (Lipinski definition) is 2. The average molecular weight is 350 g/mol. The van der Waals surface area contributed by atoms with Crippen LogP contribution >= 0.6 is 0 Å². The van der Waals surface area contributed by atoms with E-state index in [1.165, 1.54) is 13.3 Å². The Kier molecular flexibility index (Phi) is 3.94. The zero-order valence-electron chi connectivity index (χ0n) is 13.8. The van der Waals surface area contributed by atoms with Crippen LogP contribution in [0.1, 0.15) is 16.1 Å². The van der Waals surface area contributed by atoms with Crippen molar-refractivity contribution in [3.05, 3.63) is 54.1 Å². The number of methoxy groups -OCH3 is 1. The van der Waals surface area contributed by atoms with Crippen molar-refractivity contribution in [2.45, 2.75) is 6.61 Å². The van der Waals surface area contributed by atoms with Crippen LogP contribution in [0.5, 0.6) is 11.8 Å². The van der Waals surface area contributed by atoms with Gasteiger partial charge in [0, 0.05) is 30.5 Å². The average Bonchev–Trinajstić information content (AvgIpc) is 3.03. The lowest BCUT2D eigenvalue weighted by Crippen LogP contribution is -2.07. The molecule has 26 heavy (non-hydrogen) atoms. The van der Waals surface area contributed by atoms with Gasteiger partial charge >= 0.3 is 12.0 Å². The lowest BCUT2D eigenvalue weighted by Gasteiger charge is -2.09. The molecule has 0 unspecified atom stereocenters. The fourth-order valence-corrected chi connectivity index (χ4v) is 2.96. The predicted molar refractivity (Wildman–Crippen MR) is 93.4 cm³/mol. The summed E-state index contributed by atoms with van der Waals surface area (Å²) in [5, 5.41) is 10.9. The van der Waals surface area contributed by atoms with Gasteiger partial charge in [-0.15, -0.1) is 0 Å². The molecule has 0 radical (unpaired) electrons. The van der Waals surface area contributed by atoms with Gasteiger partial charge in [-0.2, -0.15) is 0 Å². The number of hydrogen-bond acceptors (Lipinski definition) is 6. The third-order valence-electron chi connectivity index (χ3n) is 3.96. The molecule has 8 nitrogen and oxygen atoms in total. The summed E-state index contributed by atoms with van der Waals surface area (Å²) in [6.45, 7) is 0.106. The van der Waals surface area contributed by atoms with Crippen LogP contribution in [-0.2, 0) is 11.3 Å². The number of nitrogens with one attached hydrogen (secondary N) is 1. The van der Waals surface area contributed by atoms with Crippen LogP contribution in [-0.4, -0.2) is 38.1 Å². The van der Waals surface area contributed by atoms with E-state index in [1.807, 2.05) is 12.1 Å². The van der Waals surface area contributed by atoms with E-state index >= 15 is 0 Å². The minimum Gasteiger partial charge on any atom is -0.477 e. The van der Waals surface area contributed by atoms with Gasteiger partial charge in [-0.3, -0.25) is 0 Å². The van der Waals surface area contributed by atoms with E-state index in [2.05, 4.69) is 19.9 Å². The molecule has 1 aromatic carbocycles. The van der Waals surface area contributed by atoms with Crippen LogP contribution in [0.4, 0.5) is 0 Å². The first kappa shape index (κ1) is 16.0. The van der Waals surface area contributed by atoms with E-state index in [-0.39, 0.29) is 18.3 Å². The molecule has 4 rings (SSSR count). The number of carboxylic acids is 1. The summed E-state index contributed by atoms with van der Waals surface area (Å²) in [4.78, 5) is 27.0. The van der Waals surface area contributed by atoms with Crippen LogP contribution in [0, 0.1) is 0 Å². The van der Waals surface area contributed by atoms with Gasteiger partial charge in [-0.1, -0.05) is 6.07 Å². The van der Waals surface area contributed by atoms with E-state index < -0.39 is 5.97 Å². The molecule has 0 saturated carbocycles. The van der Waals surface area contributed by atoms with E-state index in [9.17, 15) is 9.90 Å². The molecule has 0 atom stereocenters. The SMILES string of the molecule is COCc1c(C(=O)O)ncc2[nH]c3cccc(Oc4ncccn4)c3c12. The first-order chi connectivity index (χ1) is 12.7. The van der Waals surface area contributed by atoms with Gasteiger partial charge in [0.05, 0.1) is 29.2 Å². The number of aromatic carboxylic acids is 1. The molecule has 0 bridgehead atoms. The monoisotopic (exact) mass is 350 g/mol. The molecule has 0 aliphatic carbocycles. The maximum absolute atomic E-state index is 11.6. The van der Waals surface area contributed by atoms with E-state index in [0.717, 1.165) is 10.9 Å². The molecule has 0 aliphatic heterocycles. The van der Waals surface area contributed by atoms with E-state index in [1.54, 1.807) is 24.5 Å². The van der Waals surface area contributed by atoms with Crippen molar-refractivity contribution in [2.24, 2.45) is 0 Å². The fraction of sp³-hybridized carbons (Fsp3) is 0.111. The molecule has 0 amide bonds. The number of H-pyrrole nitrogens is 1. The highest BCUT2D eigenvalue weighted by Crippen LogP contribution is 2.37. The van der Waals surface area contributed by atoms with Crippen molar-refractivity contribution in [3.63, 3.8) is 0 Å². The summed E-state index contributed by atoms with van der Waals surface area (Å²) in [7, 11) is 1.51. The van der Waals surface area contributed by atoms with Crippen molar-refractivity contribution in [1.82, 2.24) is 19.9 Å². The zero-order valence-corrected chi connectivity index (χ0v) is 13.8. The Bertz CT molecular complexity index is 1110. The maximum atomic E-state index is 11.6. The molecule has 0 aliphatic rings.